The van der Waals surface area contributed by atoms with E-state index in [-0.39, 0.29) is 15.9 Å². The van der Waals surface area contributed by atoms with Crippen LogP contribution in [-0.4, -0.2) is 13.9 Å². The van der Waals surface area contributed by atoms with Crippen molar-refractivity contribution >= 4 is 35.0 Å². The van der Waals surface area contributed by atoms with Crippen LogP contribution in [0.25, 0.3) is 10.8 Å². The van der Waals surface area contributed by atoms with Gasteiger partial charge in [-0.1, -0.05) is 134 Å². The quantitative estimate of drug-likeness (QED) is 0.138. The van der Waals surface area contributed by atoms with Crippen LogP contribution < -0.4 is 10.4 Å². The van der Waals surface area contributed by atoms with E-state index in [1.54, 1.807) is 0 Å². The van der Waals surface area contributed by atoms with Crippen molar-refractivity contribution in [2.75, 3.05) is 0 Å². The van der Waals surface area contributed by atoms with Gasteiger partial charge in [0.2, 0.25) is 0 Å². The summed E-state index contributed by atoms with van der Waals surface area (Å²) in [4.78, 5) is 14.6. The minimum atomic E-state index is -2.38. The molecule has 0 radical (unpaired) electrons. The van der Waals surface area contributed by atoms with Crippen molar-refractivity contribution in [3.8, 4) is 0 Å². The Labute approximate surface area is 228 Å². The average molecular weight is 515 g/mol. The number of fused-ring (bicyclic) bond motifs is 2. The van der Waals surface area contributed by atoms with E-state index >= 15 is 0 Å². The summed E-state index contributed by atoms with van der Waals surface area (Å²) in [7, 11) is -2.38. The van der Waals surface area contributed by atoms with Crippen LogP contribution in [0.5, 0.6) is 0 Å². The smallest absolute Gasteiger partial charge is 0.169 e. The number of hydrogen-bond acceptors (Lipinski definition) is 1. The van der Waals surface area contributed by atoms with E-state index in [4.69, 9.17) is 0 Å². The molecule has 3 aliphatic carbocycles. The maximum atomic E-state index is 14.6. The Hall–Kier alpha value is -3.23. The number of rotatable bonds is 7. The minimum Gasteiger partial charge on any atom is -0.294 e. The predicted molar refractivity (Wildman–Crippen MR) is 163 cm³/mol. The van der Waals surface area contributed by atoms with Crippen LogP contribution in [0.15, 0.2) is 116 Å². The highest BCUT2D eigenvalue weighted by atomic mass is 28.3. The van der Waals surface area contributed by atoms with Crippen LogP contribution in [0.2, 0.25) is 11.1 Å². The fraction of sp³-hybridized carbons (Fsp3) is 0.306. The molecule has 1 atom stereocenters. The zero-order valence-corrected chi connectivity index (χ0v) is 23.9. The van der Waals surface area contributed by atoms with Crippen LogP contribution in [0.1, 0.15) is 50.4 Å². The molecule has 3 saturated carbocycles. The lowest BCUT2D eigenvalue weighted by Crippen LogP contribution is -2.67. The van der Waals surface area contributed by atoms with Gasteiger partial charge in [-0.05, 0) is 58.5 Å². The fourth-order valence-electron chi connectivity index (χ4n) is 8.22. The van der Waals surface area contributed by atoms with Gasteiger partial charge in [0, 0.05) is 11.0 Å². The van der Waals surface area contributed by atoms with Crippen LogP contribution in [0.3, 0.4) is 0 Å². The molecule has 0 saturated heterocycles. The zero-order chi connectivity index (χ0) is 26.6. The normalized spacial score (nSPS) is 24.7. The maximum absolute atomic E-state index is 14.6. The highest BCUT2D eigenvalue weighted by Gasteiger charge is 2.70. The predicted octanol–water partition coefficient (Wildman–Crippen LogP) is 8.06. The van der Waals surface area contributed by atoms with Crippen LogP contribution in [0, 0.1) is 16.7 Å². The molecule has 2 bridgehead atoms. The fourth-order valence-corrected chi connectivity index (χ4v) is 14.3. The number of ketones is 1. The number of allylic oxidation sites excluding steroid dienone is 1. The van der Waals surface area contributed by atoms with Crippen LogP contribution in [0.4, 0.5) is 0 Å². The maximum Gasteiger partial charge on any atom is 0.169 e. The lowest BCUT2D eigenvalue weighted by molar-refractivity contribution is 0.0451. The third kappa shape index (κ3) is 3.53. The third-order valence-corrected chi connectivity index (χ3v) is 16.5. The molecule has 4 aromatic rings. The molecule has 2 heteroatoms. The van der Waals surface area contributed by atoms with Crippen molar-refractivity contribution in [1.82, 2.24) is 0 Å². The Bertz CT molecular complexity index is 1450. The summed E-state index contributed by atoms with van der Waals surface area (Å²) < 4.78 is 0. The van der Waals surface area contributed by atoms with Crippen molar-refractivity contribution < 1.29 is 4.79 Å². The monoisotopic (exact) mass is 514 g/mol. The zero-order valence-electron chi connectivity index (χ0n) is 22.9. The summed E-state index contributed by atoms with van der Waals surface area (Å²) in [5.74, 6) is 0.936. The first-order valence-electron chi connectivity index (χ1n) is 14.0. The Morgan fingerprint density at radius 3 is 1.92 bits per heavy atom. The topological polar surface area (TPSA) is 17.1 Å². The van der Waals surface area contributed by atoms with E-state index < -0.39 is 8.07 Å². The molecule has 0 heterocycles. The molecule has 0 unspecified atom stereocenters. The van der Waals surface area contributed by atoms with Crippen molar-refractivity contribution in [3.63, 3.8) is 0 Å². The lowest BCUT2D eigenvalue weighted by atomic mass is 9.57. The highest BCUT2D eigenvalue weighted by molar-refractivity contribution is 7.04. The summed E-state index contributed by atoms with van der Waals surface area (Å²) in [6.45, 7) is 11.8. The summed E-state index contributed by atoms with van der Waals surface area (Å²) in [6.07, 6.45) is 5.27. The van der Waals surface area contributed by atoms with Crippen LogP contribution in [-0.2, 0) is 0 Å². The second-order valence-corrected chi connectivity index (χ2v) is 17.7. The first-order valence-corrected chi connectivity index (χ1v) is 16.2. The number of hydrogen-bond donors (Lipinski definition) is 0. The van der Waals surface area contributed by atoms with Crippen molar-refractivity contribution in [1.29, 1.82) is 0 Å². The third-order valence-electron chi connectivity index (χ3n) is 10.1. The Balaban J connectivity index is 1.52. The molecule has 38 heavy (non-hydrogen) atoms. The lowest BCUT2D eigenvalue weighted by Gasteiger charge is -2.53. The number of carbonyl (C=O) groups is 1. The van der Waals surface area contributed by atoms with Crippen LogP contribution >= 0.6 is 0 Å². The van der Waals surface area contributed by atoms with Gasteiger partial charge in [-0.15, -0.1) is 6.58 Å². The Kier molecular flexibility index (Phi) is 5.88. The second kappa shape index (κ2) is 8.92. The van der Waals surface area contributed by atoms with Gasteiger partial charge in [-0.2, -0.15) is 0 Å². The van der Waals surface area contributed by atoms with Crippen molar-refractivity contribution in [3.05, 3.63) is 121 Å². The van der Waals surface area contributed by atoms with Gasteiger partial charge in [-0.3, -0.25) is 4.79 Å². The molecule has 0 aromatic heterocycles. The molecule has 3 fully saturated rings. The van der Waals surface area contributed by atoms with E-state index in [0.29, 0.717) is 11.7 Å². The average Bonchev–Trinajstić information content (AvgIpc) is 3.42. The molecular formula is C36H38OSi. The van der Waals surface area contributed by atoms with Crippen molar-refractivity contribution in [2.45, 2.75) is 51.1 Å². The molecular weight excluding hydrogens is 476 g/mol. The molecule has 192 valence electrons. The van der Waals surface area contributed by atoms with E-state index in [1.807, 2.05) is 0 Å². The summed E-state index contributed by atoms with van der Waals surface area (Å²) >= 11 is 0. The first-order chi connectivity index (χ1) is 18.2. The Morgan fingerprint density at radius 1 is 0.816 bits per heavy atom. The first kappa shape index (κ1) is 25.1. The largest absolute Gasteiger partial charge is 0.294 e. The minimum absolute atomic E-state index is 0.0475. The van der Waals surface area contributed by atoms with Gasteiger partial charge in [0.15, 0.2) is 5.78 Å². The Morgan fingerprint density at radius 2 is 1.37 bits per heavy atom. The van der Waals surface area contributed by atoms with E-state index in [9.17, 15) is 4.79 Å². The molecule has 0 amide bonds. The molecule has 0 N–H and O–H groups in total. The van der Waals surface area contributed by atoms with Gasteiger partial charge in [-0.25, -0.2) is 0 Å². The van der Waals surface area contributed by atoms with Gasteiger partial charge >= 0.3 is 0 Å². The summed E-state index contributed by atoms with van der Waals surface area (Å²) in [6, 6.07) is 38.0. The molecule has 1 nitrogen and oxygen atoms in total. The second-order valence-electron chi connectivity index (χ2n) is 12.9. The SMILES string of the molecule is C=C[C@@]1(C[Si](c2ccccc2)(c2ccccc2)C(C)(C)C)CC2CC1(C(=O)c1ccc3ccccc3c1)C2. The molecule has 7 rings (SSSR count). The summed E-state index contributed by atoms with van der Waals surface area (Å²) in [5, 5.41) is 5.28. The van der Waals surface area contributed by atoms with Gasteiger partial charge < -0.3 is 0 Å². The molecule has 0 aliphatic heterocycles. The molecule has 3 aliphatic rings. The number of carbonyl (C=O) groups excluding carboxylic acids is 1. The highest BCUT2D eigenvalue weighted by Crippen LogP contribution is 2.73. The van der Waals surface area contributed by atoms with Gasteiger partial charge in [0.1, 0.15) is 8.07 Å². The summed E-state index contributed by atoms with van der Waals surface area (Å²) in [5.41, 5.74) is 0.276. The van der Waals surface area contributed by atoms with Gasteiger partial charge in [0.05, 0.1) is 0 Å². The van der Waals surface area contributed by atoms with Crippen molar-refractivity contribution in [2.24, 2.45) is 16.7 Å². The van der Waals surface area contributed by atoms with E-state index in [0.717, 1.165) is 36.3 Å². The van der Waals surface area contributed by atoms with E-state index in [2.05, 4.69) is 137 Å². The molecule has 4 aromatic carbocycles. The number of benzene rings is 4. The molecule has 0 spiro atoms. The van der Waals surface area contributed by atoms with Gasteiger partial charge in [0.25, 0.3) is 0 Å². The standard InChI is InChI=1S/C36H38OSi/c1-5-35(26-38(34(2,3)4,31-16-8-6-9-17-31)32-18-10-7-11-19-32)23-27-24-36(35,25-27)33(37)30-21-20-28-14-12-13-15-29(28)22-30/h5-22,27H,1,23-26H2,2-4H3/t27?,35-,36?/m0/s1. The number of Topliss-reactive ketones (excluding diaryl/α,β-unsaturated/α-hetero) is 1. The van der Waals surface area contributed by atoms with E-state index in [1.165, 1.54) is 15.8 Å².